The number of aromatic amines is 1. The molecule has 0 unspecified atom stereocenters. The molecule has 0 atom stereocenters. The van der Waals surface area contributed by atoms with Crippen LogP contribution in [0.25, 0.3) is 21.6 Å². The molecule has 1 aliphatic rings. The Labute approximate surface area is 179 Å². The van der Waals surface area contributed by atoms with Gasteiger partial charge in [0.1, 0.15) is 15.7 Å². The first-order chi connectivity index (χ1) is 14.6. The number of hydrogen-bond acceptors (Lipinski definition) is 7. The highest BCUT2D eigenvalue weighted by atomic mass is 32.2. The Balaban J connectivity index is 1.58. The van der Waals surface area contributed by atoms with Crippen molar-refractivity contribution in [2.45, 2.75) is 35.6 Å². The van der Waals surface area contributed by atoms with Gasteiger partial charge in [0.15, 0.2) is 0 Å². The van der Waals surface area contributed by atoms with E-state index >= 15 is 0 Å². The van der Waals surface area contributed by atoms with Gasteiger partial charge in [-0.25, -0.2) is 9.97 Å². The topological polar surface area (TPSA) is 102 Å². The lowest BCUT2D eigenvalue weighted by Gasteiger charge is -2.09. The highest BCUT2D eigenvalue weighted by Crippen LogP contribution is 2.37. The molecule has 5 rings (SSSR count). The maximum Gasteiger partial charge on any atom is 0.284 e. The van der Waals surface area contributed by atoms with Crippen molar-refractivity contribution in [2.24, 2.45) is 0 Å². The summed E-state index contributed by atoms with van der Waals surface area (Å²) in [6.07, 6.45) is 5.75. The first kappa shape index (κ1) is 19.0. The second-order valence-corrected chi connectivity index (χ2v) is 9.16. The number of rotatable bonds is 4. The van der Waals surface area contributed by atoms with Crippen molar-refractivity contribution in [3.05, 3.63) is 73.5 Å². The molecule has 0 saturated heterocycles. The Hall–Kier alpha value is -3.04. The normalized spacial score (nSPS) is 13.3. The van der Waals surface area contributed by atoms with Gasteiger partial charge >= 0.3 is 0 Å². The van der Waals surface area contributed by atoms with E-state index in [1.807, 2.05) is 6.07 Å². The molecular weight excluding hydrogens is 420 g/mol. The molecule has 30 heavy (non-hydrogen) atoms. The summed E-state index contributed by atoms with van der Waals surface area (Å²) in [5.41, 5.74) is 1.41. The van der Waals surface area contributed by atoms with Gasteiger partial charge in [-0.3, -0.25) is 14.9 Å². The molecular formula is C21H16N4O3S2. The third kappa shape index (κ3) is 3.40. The summed E-state index contributed by atoms with van der Waals surface area (Å²) in [7, 11) is 0. The molecule has 0 amide bonds. The Kier molecular flexibility index (Phi) is 4.84. The average molecular weight is 437 g/mol. The molecule has 9 heteroatoms. The van der Waals surface area contributed by atoms with Crippen LogP contribution in [0.1, 0.15) is 23.3 Å². The van der Waals surface area contributed by atoms with E-state index in [4.69, 9.17) is 0 Å². The number of benzene rings is 1. The molecule has 0 fully saturated rings. The van der Waals surface area contributed by atoms with Crippen LogP contribution >= 0.6 is 23.1 Å². The molecule has 7 nitrogen and oxygen atoms in total. The quantitative estimate of drug-likeness (QED) is 0.357. The number of nitrogens with one attached hydrogen (secondary N) is 1. The van der Waals surface area contributed by atoms with E-state index in [-0.39, 0.29) is 11.2 Å². The van der Waals surface area contributed by atoms with Crippen LogP contribution in [0.5, 0.6) is 0 Å². The predicted octanol–water partition coefficient (Wildman–Crippen LogP) is 4.98. The Morgan fingerprint density at radius 2 is 2.03 bits per heavy atom. The van der Waals surface area contributed by atoms with E-state index in [9.17, 15) is 14.9 Å². The number of aryl methyl sites for hydroxylation is 2. The molecule has 150 valence electrons. The predicted molar refractivity (Wildman–Crippen MR) is 117 cm³/mol. The van der Waals surface area contributed by atoms with Crippen molar-refractivity contribution in [1.29, 1.82) is 0 Å². The van der Waals surface area contributed by atoms with Crippen LogP contribution in [-0.4, -0.2) is 19.9 Å². The maximum absolute atomic E-state index is 12.8. The molecule has 0 bridgehead atoms. The van der Waals surface area contributed by atoms with Crippen LogP contribution in [0.4, 0.5) is 5.69 Å². The number of hydrogen-bond donors (Lipinski definition) is 1. The van der Waals surface area contributed by atoms with Crippen molar-refractivity contribution in [3.8, 4) is 11.4 Å². The molecule has 1 N–H and O–H groups in total. The highest BCUT2D eigenvalue weighted by molar-refractivity contribution is 7.99. The molecule has 3 heterocycles. The molecule has 0 radical (unpaired) electrons. The Morgan fingerprint density at radius 3 is 2.83 bits per heavy atom. The summed E-state index contributed by atoms with van der Waals surface area (Å²) in [5, 5.41) is 13.0. The zero-order chi connectivity index (χ0) is 20.7. The number of H-pyrrole nitrogens is 1. The minimum Gasteiger partial charge on any atom is -0.306 e. The number of thiophene rings is 1. The molecule has 3 aromatic heterocycles. The lowest BCUT2D eigenvalue weighted by atomic mass is 9.97. The average Bonchev–Trinajstić information content (AvgIpc) is 3.13. The molecule has 4 aromatic rings. The van der Waals surface area contributed by atoms with Crippen molar-refractivity contribution >= 4 is 39.0 Å². The maximum atomic E-state index is 12.8. The number of aromatic nitrogens is 3. The second kappa shape index (κ2) is 7.66. The van der Waals surface area contributed by atoms with Gasteiger partial charge in [0.25, 0.3) is 11.2 Å². The van der Waals surface area contributed by atoms with Crippen LogP contribution in [-0.2, 0) is 12.8 Å². The zero-order valence-corrected chi connectivity index (χ0v) is 17.4. The molecule has 0 aliphatic heterocycles. The fraction of sp³-hybridized carbons (Fsp3) is 0.190. The molecule has 1 aliphatic carbocycles. The van der Waals surface area contributed by atoms with Crippen molar-refractivity contribution < 1.29 is 4.92 Å². The fourth-order valence-corrected chi connectivity index (χ4v) is 5.84. The van der Waals surface area contributed by atoms with Crippen molar-refractivity contribution in [2.75, 3.05) is 0 Å². The Bertz CT molecular complexity index is 1330. The summed E-state index contributed by atoms with van der Waals surface area (Å²) in [5.74, 6) is 0.351. The largest absolute Gasteiger partial charge is 0.306 e. The van der Waals surface area contributed by atoms with Crippen LogP contribution in [0.3, 0.4) is 0 Å². The fourth-order valence-electron chi connectivity index (χ4n) is 3.71. The summed E-state index contributed by atoms with van der Waals surface area (Å²) in [6.45, 7) is 0. The third-order valence-electron chi connectivity index (χ3n) is 5.11. The SMILES string of the molecule is O=c1[nH]c(-c2ccc(Sc3ccccn3)c([N+](=O)[O-])c2)nc2sc3c(c12)CCCC3. The summed E-state index contributed by atoms with van der Waals surface area (Å²) in [6, 6.07) is 10.3. The zero-order valence-electron chi connectivity index (χ0n) is 15.8. The van der Waals surface area contributed by atoms with E-state index in [0.29, 0.717) is 31.5 Å². The summed E-state index contributed by atoms with van der Waals surface area (Å²) < 4.78 is 0. The minimum atomic E-state index is -0.421. The second-order valence-electron chi connectivity index (χ2n) is 7.02. The molecule has 1 aromatic carbocycles. The smallest absolute Gasteiger partial charge is 0.284 e. The molecule has 0 spiro atoms. The van der Waals surface area contributed by atoms with Gasteiger partial charge in [-0.05, 0) is 55.5 Å². The highest BCUT2D eigenvalue weighted by Gasteiger charge is 2.22. The number of nitrogens with zero attached hydrogens (tertiary/aromatic N) is 3. The summed E-state index contributed by atoms with van der Waals surface area (Å²) >= 11 is 2.79. The third-order valence-corrected chi connectivity index (χ3v) is 7.31. The van der Waals surface area contributed by atoms with E-state index in [0.717, 1.165) is 31.2 Å². The standard InChI is InChI=1S/C21H16N4O3S2/c26-20-18-13-5-1-2-6-15(13)30-21(18)24-19(23-20)12-8-9-16(14(11-12)25(27)28)29-17-7-3-4-10-22-17/h3-4,7-11H,1-2,5-6H2,(H,23,24,26). The van der Waals surface area contributed by atoms with Crippen molar-refractivity contribution in [3.63, 3.8) is 0 Å². The van der Waals surface area contributed by atoms with E-state index in [2.05, 4.69) is 15.0 Å². The minimum absolute atomic E-state index is 0.0450. The lowest BCUT2D eigenvalue weighted by Crippen LogP contribution is -2.11. The number of fused-ring (bicyclic) bond motifs is 3. The van der Waals surface area contributed by atoms with Gasteiger partial charge in [-0.1, -0.05) is 17.8 Å². The van der Waals surface area contributed by atoms with Gasteiger partial charge in [-0.15, -0.1) is 11.3 Å². The van der Waals surface area contributed by atoms with Gasteiger partial charge in [0, 0.05) is 22.7 Å². The van der Waals surface area contributed by atoms with E-state index in [1.165, 1.54) is 22.7 Å². The first-order valence-electron chi connectivity index (χ1n) is 9.52. The Morgan fingerprint density at radius 1 is 1.17 bits per heavy atom. The van der Waals surface area contributed by atoms with Gasteiger partial charge < -0.3 is 4.98 Å². The number of nitro groups is 1. The first-order valence-corrected chi connectivity index (χ1v) is 11.2. The van der Waals surface area contributed by atoms with Crippen molar-refractivity contribution in [1.82, 2.24) is 15.0 Å². The lowest BCUT2D eigenvalue weighted by molar-refractivity contribution is -0.387. The monoisotopic (exact) mass is 436 g/mol. The van der Waals surface area contributed by atoms with Crippen LogP contribution in [0.2, 0.25) is 0 Å². The molecule has 0 saturated carbocycles. The number of pyridine rings is 1. The van der Waals surface area contributed by atoms with Gasteiger partial charge in [-0.2, -0.15) is 0 Å². The number of nitro benzene ring substituents is 1. The van der Waals surface area contributed by atoms with Crippen LogP contribution in [0, 0.1) is 10.1 Å². The van der Waals surface area contributed by atoms with Gasteiger partial charge in [0.05, 0.1) is 15.2 Å². The van der Waals surface area contributed by atoms with E-state index < -0.39 is 4.92 Å². The van der Waals surface area contributed by atoms with Gasteiger partial charge in [0.2, 0.25) is 0 Å². The van der Waals surface area contributed by atoms with Crippen LogP contribution < -0.4 is 5.56 Å². The van der Waals surface area contributed by atoms with Crippen LogP contribution in [0.15, 0.2) is 57.3 Å². The summed E-state index contributed by atoms with van der Waals surface area (Å²) in [4.78, 5) is 38.2. The van der Waals surface area contributed by atoms with E-state index in [1.54, 1.807) is 41.8 Å².